The van der Waals surface area contributed by atoms with E-state index in [0.717, 1.165) is 49.3 Å². The Morgan fingerprint density at radius 2 is 1.80 bits per heavy atom. The van der Waals surface area contributed by atoms with E-state index in [9.17, 15) is 0 Å². The Labute approximate surface area is 122 Å². The van der Waals surface area contributed by atoms with Gasteiger partial charge in [0.15, 0.2) is 5.82 Å². The Morgan fingerprint density at radius 3 is 2.50 bits per heavy atom. The van der Waals surface area contributed by atoms with E-state index in [1.54, 1.807) is 0 Å². The summed E-state index contributed by atoms with van der Waals surface area (Å²) in [6.07, 6.45) is 8.92. The molecule has 0 bridgehead atoms. The maximum atomic E-state index is 6.17. The summed E-state index contributed by atoms with van der Waals surface area (Å²) in [6, 6.07) is 2.81. The summed E-state index contributed by atoms with van der Waals surface area (Å²) in [6.45, 7) is 6.46. The lowest BCUT2D eigenvalue weighted by Gasteiger charge is -2.41. The van der Waals surface area contributed by atoms with Gasteiger partial charge in [0, 0.05) is 38.4 Å². The zero-order chi connectivity index (χ0) is 13.9. The van der Waals surface area contributed by atoms with Gasteiger partial charge in [0.25, 0.3) is 0 Å². The summed E-state index contributed by atoms with van der Waals surface area (Å²) in [4.78, 5) is 9.51. The number of aromatic nitrogens is 1. The Bertz CT molecular complexity index is 446. The van der Waals surface area contributed by atoms with E-state index in [0.29, 0.717) is 0 Å². The molecule has 4 heteroatoms. The van der Waals surface area contributed by atoms with Gasteiger partial charge >= 0.3 is 0 Å². The van der Waals surface area contributed by atoms with Crippen LogP contribution in [0.4, 0.5) is 11.5 Å². The van der Waals surface area contributed by atoms with Crippen molar-refractivity contribution < 1.29 is 0 Å². The summed E-state index contributed by atoms with van der Waals surface area (Å²) in [5.41, 5.74) is 8.15. The van der Waals surface area contributed by atoms with Gasteiger partial charge in [-0.3, -0.25) is 4.90 Å². The summed E-state index contributed by atoms with van der Waals surface area (Å²) in [5.74, 6) is 0.980. The number of hydrogen-bond donors (Lipinski definition) is 1. The molecule has 1 aliphatic carbocycles. The van der Waals surface area contributed by atoms with E-state index >= 15 is 0 Å². The van der Waals surface area contributed by atoms with Crippen LogP contribution in [0.3, 0.4) is 0 Å². The van der Waals surface area contributed by atoms with Crippen LogP contribution in [0.5, 0.6) is 0 Å². The zero-order valence-corrected chi connectivity index (χ0v) is 12.5. The van der Waals surface area contributed by atoms with E-state index in [1.165, 1.54) is 32.1 Å². The molecule has 0 unspecified atom stereocenters. The third kappa shape index (κ3) is 2.75. The van der Waals surface area contributed by atoms with Gasteiger partial charge in [0.05, 0.1) is 5.69 Å². The fourth-order valence-corrected chi connectivity index (χ4v) is 3.55. The Balaban J connectivity index is 1.62. The Hall–Kier alpha value is -1.29. The highest BCUT2D eigenvalue weighted by molar-refractivity contribution is 5.66. The predicted molar refractivity (Wildman–Crippen MR) is 84.0 cm³/mol. The second-order valence-corrected chi connectivity index (χ2v) is 6.18. The quantitative estimate of drug-likeness (QED) is 0.899. The van der Waals surface area contributed by atoms with Gasteiger partial charge in [-0.25, -0.2) is 4.98 Å². The molecule has 0 atom stereocenters. The van der Waals surface area contributed by atoms with Crippen molar-refractivity contribution in [2.24, 2.45) is 0 Å². The minimum atomic E-state index is 0.828. The second kappa shape index (κ2) is 6.00. The van der Waals surface area contributed by atoms with Crippen molar-refractivity contribution in [2.45, 2.75) is 45.1 Å². The molecule has 0 amide bonds. The molecule has 2 fully saturated rings. The van der Waals surface area contributed by atoms with Crippen LogP contribution < -0.4 is 10.6 Å². The molecule has 2 N–H and O–H groups in total. The van der Waals surface area contributed by atoms with Crippen LogP contribution in [0.1, 0.15) is 37.7 Å². The zero-order valence-electron chi connectivity index (χ0n) is 12.5. The molecule has 2 heterocycles. The summed E-state index contributed by atoms with van der Waals surface area (Å²) >= 11 is 0. The number of nitrogens with zero attached hydrogens (tertiary/aromatic N) is 3. The minimum Gasteiger partial charge on any atom is -0.396 e. The van der Waals surface area contributed by atoms with Gasteiger partial charge in [-0.05, 0) is 31.4 Å². The molecule has 1 aliphatic heterocycles. The molecule has 2 aliphatic rings. The first-order valence-corrected chi connectivity index (χ1v) is 7.96. The molecule has 1 saturated carbocycles. The van der Waals surface area contributed by atoms with Crippen LogP contribution in [0.2, 0.25) is 0 Å². The number of nitrogen functional groups attached to an aromatic ring is 1. The van der Waals surface area contributed by atoms with Crippen LogP contribution >= 0.6 is 0 Å². The van der Waals surface area contributed by atoms with Gasteiger partial charge in [-0.2, -0.15) is 0 Å². The van der Waals surface area contributed by atoms with Crippen LogP contribution in [0.15, 0.2) is 12.3 Å². The summed E-state index contributed by atoms with van der Waals surface area (Å²) in [7, 11) is 0. The van der Waals surface area contributed by atoms with E-state index in [-0.39, 0.29) is 0 Å². The average Bonchev–Trinajstić information content (AvgIpc) is 2.51. The van der Waals surface area contributed by atoms with Crippen molar-refractivity contribution in [3.8, 4) is 0 Å². The fourth-order valence-electron chi connectivity index (χ4n) is 3.55. The number of piperazine rings is 1. The number of hydrogen-bond acceptors (Lipinski definition) is 4. The van der Waals surface area contributed by atoms with Crippen molar-refractivity contribution in [1.82, 2.24) is 9.88 Å². The maximum absolute atomic E-state index is 6.17. The first-order chi connectivity index (χ1) is 9.75. The van der Waals surface area contributed by atoms with E-state index in [1.807, 2.05) is 12.3 Å². The van der Waals surface area contributed by atoms with Crippen molar-refractivity contribution >= 4 is 11.5 Å². The topological polar surface area (TPSA) is 45.4 Å². The van der Waals surface area contributed by atoms with Gasteiger partial charge in [-0.15, -0.1) is 0 Å². The van der Waals surface area contributed by atoms with E-state index < -0.39 is 0 Å². The van der Waals surface area contributed by atoms with Gasteiger partial charge < -0.3 is 10.6 Å². The highest BCUT2D eigenvalue weighted by Gasteiger charge is 2.26. The second-order valence-electron chi connectivity index (χ2n) is 6.18. The number of anilines is 2. The summed E-state index contributed by atoms with van der Waals surface area (Å²) < 4.78 is 0. The number of nitrogens with two attached hydrogens (primary N) is 1. The van der Waals surface area contributed by atoms with Crippen molar-refractivity contribution in [2.75, 3.05) is 36.8 Å². The summed E-state index contributed by atoms with van der Waals surface area (Å²) in [5, 5.41) is 0. The Morgan fingerprint density at radius 1 is 1.10 bits per heavy atom. The van der Waals surface area contributed by atoms with Crippen molar-refractivity contribution in [3.63, 3.8) is 0 Å². The molecule has 110 valence electrons. The van der Waals surface area contributed by atoms with Gasteiger partial charge in [-0.1, -0.05) is 19.3 Å². The smallest absolute Gasteiger partial charge is 0.152 e. The standard InChI is InChI=1S/C16H26N4/c1-13-7-8-18-16(15(13)17)20-11-9-19(10-12-20)14-5-3-2-4-6-14/h7-8,14H,2-6,9-12,17H2,1H3. The highest BCUT2D eigenvalue weighted by atomic mass is 15.3. The molecule has 0 aromatic carbocycles. The molecule has 20 heavy (non-hydrogen) atoms. The number of pyridine rings is 1. The van der Waals surface area contributed by atoms with E-state index in [4.69, 9.17) is 5.73 Å². The van der Waals surface area contributed by atoms with Crippen molar-refractivity contribution in [1.29, 1.82) is 0 Å². The lowest BCUT2D eigenvalue weighted by atomic mass is 9.94. The van der Waals surface area contributed by atoms with Crippen molar-refractivity contribution in [3.05, 3.63) is 17.8 Å². The normalized spacial score (nSPS) is 22.1. The molecular weight excluding hydrogens is 248 g/mol. The maximum Gasteiger partial charge on any atom is 0.152 e. The molecular formula is C16H26N4. The monoisotopic (exact) mass is 274 g/mol. The molecule has 0 radical (unpaired) electrons. The molecule has 1 aromatic heterocycles. The highest BCUT2D eigenvalue weighted by Crippen LogP contribution is 2.27. The first kappa shape index (κ1) is 13.7. The van der Waals surface area contributed by atoms with Crippen LogP contribution in [0, 0.1) is 6.92 Å². The molecule has 1 aromatic rings. The SMILES string of the molecule is Cc1ccnc(N2CCN(C3CCCCC3)CC2)c1N. The average molecular weight is 274 g/mol. The van der Waals surface area contributed by atoms with Gasteiger partial charge in [0.1, 0.15) is 0 Å². The number of rotatable bonds is 2. The lowest BCUT2D eigenvalue weighted by molar-refractivity contribution is 0.148. The predicted octanol–water partition coefficient (Wildman–Crippen LogP) is 2.43. The Kier molecular flexibility index (Phi) is 4.10. The van der Waals surface area contributed by atoms with Crippen LogP contribution in [-0.4, -0.2) is 42.1 Å². The van der Waals surface area contributed by atoms with Gasteiger partial charge in [0.2, 0.25) is 0 Å². The lowest BCUT2D eigenvalue weighted by Crippen LogP contribution is -2.51. The molecule has 1 saturated heterocycles. The van der Waals surface area contributed by atoms with Crippen LogP contribution in [0.25, 0.3) is 0 Å². The third-order valence-corrected chi connectivity index (χ3v) is 4.89. The first-order valence-electron chi connectivity index (χ1n) is 7.96. The van der Waals surface area contributed by atoms with E-state index in [2.05, 4.69) is 21.7 Å². The molecule has 0 spiro atoms. The van der Waals surface area contributed by atoms with Crippen LogP contribution in [-0.2, 0) is 0 Å². The minimum absolute atomic E-state index is 0.828. The number of aryl methyl sites for hydroxylation is 1. The largest absolute Gasteiger partial charge is 0.396 e. The molecule has 3 rings (SSSR count). The fraction of sp³-hybridized carbons (Fsp3) is 0.688. The molecule has 4 nitrogen and oxygen atoms in total. The third-order valence-electron chi connectivity index (χ3n) is 4.89.